The molecule has 0 fully saturated rings. The maximum absolute atomic E-state index is 12.5. The number of carbonyl (C=O) groups excluding carboxylic acids is 2. The minimum Gasteiger partial charge on any atom is -0.508 e. The highest BCUT2D eigenvalue weighted by molar-refractivity contribution is 7.80. The van der Waals surface area contributed by atoms with Crippen molar-refractivity contribution in [2.75, 3.05) is 31.6 Å². The molecule has 51 heavy (non-hydrogen) atoms. The number of unbranched alkanes of at least 4 members (excludes halogenated alkanes) is 3. The Morgan fingerprint density at radius 2 is 1.47 bits per heavy atom. The molecule has 0 saturated carbocycles. The fourth-order valence-electron chi connectivity index (χ4n) is 5.30. The van der Waals surface area contributed by atoms with Crippen molar-refractivity contribution in [1.29, 1.82) is 0 Å². The van der Waals surface area contributed by atoms with Crippen LogP contribution < -0.4 is 26.7 Å². The third-order valence-electron chi connectivity index (χ3n) is 7.66. The van der Waals surface area contributed by atoms with Gasteiger partial charge in [-0.15, -0.1) is 0 Å². The lowest BCUT2D eigenvalue weighted by atomic mass is 9.90. The van der Waals surface area contributed by atoms with Crippen molar-refractivity contribution in [1.82, 2.24) is 16.0 Å². The first-order valence-corrected chi connectivity index (χ1v) is 18.1. The van der Waals surface area contributed by atoms with E-state index < -0.39 is 13.8 Å². The molecule has 2 aromatic carbocycles. The van der Waals surface area contributed by atoms with E-state index in [1.54, 1.807) is 24.3 Å². The van der Waals surface area contributed by atoms with E-state index in [1.165, 1.54) is 30.3 Å². The van der Waals surface area contributed by atoms with Crippen molar-refractivity contribution in [2.45, 2.75) is 44.9 Å². The number of benzene rings is 3. The monoisotopic (exact) mass is 742 g/mol. The molecule has 0 radical (unpaired) electrons. The van der Waals surface area contributed by atoms with E-state index in [1.807, 2.05) is 0 Å². The zero-order valence-corrected chi connectivity index (χ0v) is 29.2. The third kappa shape index (κ3) is 12.2. The summed E-state index contributed by atoms with van der Waals surface area (Å²) < 4.78 is 20.7. The lowest BCUT2D eigenvalue weighted by Crippen LogP contribution is -2.29. The first-order valence-electron chi connectivity index (χ1n) is 16.2. The number of phosphoric acid groups is 1. The number of amides is 2. The van der Waals surface area contributed by atoms with Crippen LogP contribution in [0, 0.1) is 0 Å². The predicted molar refractivity (Wildman–Crippen MR) is 194 cm³/mol. The molecule has 0 atom stereocenters. The number of rotatable bonds is 18. The Balaban J connectivity index is 1.19. The molecule has 4 rings (SSSR count). The molecule has 8 N–H and O–H groups in total. The first kappa shape index (κ1) is 38.9. The number of phenols is 1. The molecule has 2 aliphatic rings. The topological polar surface area (TPSA) is 237 Å². The zero-order valence-electron chi connectivity index (χ0n) is 27.5. The zero-order chi connectivity index (χ0) is 37.0. The Labute approximate surface area is 298 Å². The van der Waals surface area contributed by atoms with E-state index in [4.69, 9.17) is 26.4 Å². The van der Waals surface area contributed by atoms with E-state index in [-0.39, 0.29) is 60.3 Å². The van der Waals surface area contributed by atoms with Gasteiger partial charge in [0.25, 0.3) is 0 Å². The van der Waals surface area contributed by atoms with Gasteiger partial charge < -0.3 is 45.7 Å². The number of carbonyl (C=O) groups is 3. The molecule has 17 heteroatoms. The van der Waals surface area contributed by atoms with Gasteiger partial charge in [-0.3, -0.25) is 18.9 Å². The Bertz CT molecular complexity index is 1960. The van der Waals surface area contributed by atoms with Crippen molar-refractivity contribution in [3.8, 4) is 28.2 Å². The maximum Gasteiger partial charge on any atom is 0.469 e. The van der Waals surface area contributed by atoms with Gasteiger partial charge in [0, 0.05) is 66.8 Å². The van der Waals surface area contributed by atoms with E-state index in [2.05, 4.69) is 25.8 Å². The number of hydrogen-bond acceptors (Lipinski definition) is 9. The minimum atomic E-state index is -4.56. The van der Waals surface area contributed by atoms with Crippen LogP contribution in [0.15, 0.2) is 63.8 Å². The van der Waals surface area contributed by atoms with Crippen LogP contribution in [0.2, 0.25) is 0 Å². The number of hydrogen-bond donors (Lipinski definition) is 8. The number of fused-ring (bicyclic) bond motifs is 2. The number of carboxylic acid groups (broad SMARTS) is 1. The number of thiocarbonyl (C=S) groups is 1. The molecule has 2 aromatic rings. The summed E-state index contributed by atoms with van der Waals surface area (Å²) in [6.45, 7) is 0.740. The number of phosphoric ester groups is 1. The third-order valence-corrected chi connectivity index (χ3v) is 8.42. The first-order chi connectivity index (χ1) is 24.3. The molecule has 0 saturated heterocycles. The van der Waals surface area contributed by atoms with Gasteiger partial charge in [-0.1, -0.05) is 6.07 Å². The predicted octanol–water partition coefficient (Wildman–Crippen LogP) is 4.33. The highest BCUT2D eigenvalue weighted by atomic mass is 32.1. The summed E-state index contributed by atoms with van der Waals surface area (Å²) in [5, 5.41) is 32.5. The van der Waals surface area contributed by atoms with Gasteiger partial charge in [-0.2, -0.15) is 0 Å². The molecule has 0 bridgehead atoms. The second-order valence-corrected chi connectivity index (χ2v) is 13.2. The summed E-state index contributed by atoms with van der Waals surface area (Å²) >= 11 is 5.41. The lowest BCUT2D eigenvalue weighted by molar-refractivity contribution is -0.123. The number of nitrogens with one attached hydrogen (secondary N) is 4. The molecule has 15 nitrogen and oxygen atoms in total. The summed E-state index contributed by atoms with van der Waals surface area (Å²) in [6.07, 6.45) is 3.82. The second kappa shape index (κ2) is 18.4. The van der Waals surface area contributed by atoms with Crippen LogP contribution in [0.1, 0.15) is 55.3 Å². The SMILES string of the molecule is O=C(CCCCC(=O)NCCOP(=O)(O)O)NCCCCCNC(=S)Nc1ccc(-c2c3ccc(=O)cc-3oc3cc(O)ccc23)c(C(=O)O)c1. The van der Waals surface area contributed by atoms with Crippen LogP contribution in [0.4, 0.5) is 5.69 Å². The fraction of sp³-hybridized carbons (Fsp3) is 0.324. The van der Waals surface area contributed by atoms with Crippen molar-refractivity contribution in [3.05, 3.63) is 70.4 Å². The standard InChI is InChI=1S/C34H39N4O11PS/c39-22-9-12-25-28(19-22)49-29-20-23(40)10-13-26(29)32(25)24-11-8-21(18-27(24)33(43)44)38-34(51)37-15-5-1-4-14-35-30(41)6-2-3-7-31(42)36-16-17-48-50(45,46)47/h8-13,18-20,39H,1-7,14-17H2,(H,35,41)(H,36,42)(H,43,44)(H2,37,38,51)(H2,45,46,47). The van der Waals surface area contributed by atoms with Gasteiger partial charge in [-0.05, 0) is 86.3 Å². The van der Waals surface area contributed by atoms with Crippen molar-refractivity contribution in [2.24, 2.45) is 0 Å². The smallest absolute Gasteiger partial charge is 0.469 e. The van der Waals surface area contributed by atoms with Crippen molar-refractivity contribution >= 4 is 59.6 Å². The van der Waals surface area contributed by atoms with E-state index in [0.29, 0.717) is 64.4 Å². The van der Waals surface area contributed by atoms with E-state index in [9.17, 15) is 34.0 Å². The maximum atomic E-state index is 12.5. The van der Waals surface area contributed by atoms with E-state index in [0.717, 1.165) is 19.3 Å². The summed E-state index contributed by atoms with van der Waals surface area (Å²) in [4.78, 5) is 65.5. The molecule has 1 heterocycles. The highest BCUT2D eigenvalue weighted by Gasteiger charge is 2.22. The molecular weight excluding hydrogens is 703 g/mol. The molecule has 0 unspecified atom stereocenters. The molecule has 272 valence electrons. The average Bonchev–Trinajstić information content (AvgIpc) is 3.06. The Morgan fingerprint density at radius 1 is 0.804 bits per heavy atom. The molecule has 0 aromatic heterocycles. The number of aromatic carboxylic acids is 1. The quantitative estimate of drug-likeness (QED) is 0.0307. The number of carboxylic acids is 1. The van der Waals surface area contributed by atoms with Gasteiger partial charge in [0.2, 0.25) is 11.8 Å². The Hall–Kier alpha value is -4.86. The largest absolute Gasteiger partial charge is 0.508 e. The van der Waals surface area contributed by atoms with Crippen LogP contribution in [0.5, 0.6) is 5.75 Å². The van der Waals surface area contributed by atoms with Gasteiger partial charge in [-0.25, -0.2) is 9.36 Å². The molecule has 1 aliphatic heterocycles. The number of anilines is 1. The molecule has 1 aliphatic carbocycles. The van der Waals surface area contributed by atoms with Crippen LogP contribution in [0.3, 0.4) is 0 Å². The fourth-order valence-corrected chi connectivity index (χ4v) is 5.85. The minimum absolute atomic E-state index is 0.00689. The summed E-state index contributed by atoms with van der Waals surface area (Å²) in [5.74, 6) is -1.36. The van der Waals surface area contributed by atoms with Crippen molar-refractivity contribution < 1.29 is 47.9 Å². The normalized spacial score (nSPS) is 11.3. The van der Waals surface area contributed by atoms with Crippen LogP contribution >= 0.6 is 20.0 Å². The molecule has 2 amide bonds. The summed E-state index contributed by atoms with van der Waals surface area (Å²) in [7, 11) is -4.56. The number of phenolic OH excluding ortho intramolecular Hbond substituents is 1. The van der Waals surface area contributed by atoms with Gasteiger partial charge in [0.15, 0.2) is 10.5 Å². The Kier molecular flexibility index (Phi) is 14.0. The van der Waals surface area contributed by atoms with E-state index >= 15 is 0 Å². The van der Waals surface area contributed by atoms with Crippen LogP contribution in [-0.2, 0) is 18.7 Å². The van der Waals surface area contributed by atoms with Gasteiger partial charge in [0.1, 0.15) is 17.1 Å². The lowest BCUT2D eigenvalue weighted by Gasteiger charge is -2.18. The second-order valence-electron chi connectivity index (χ2n) is 11.6. The molecular formula is C34H39N4O11PS. The van der Waals surface area contributed by atoms with Gasteiger partial charge in [0.05, 0.1) is 12.2 Å². The summed E-state index contributed by atoms with van der Waals surface area (Å²) in [6, 6.07) is 13.6. The number of aromatic hydroxyl groups is 1. The van der Waals surface area contributed by atoms with Crippen LogP contribution in [-0.4, -0.2) is 69.1 Å². The average molecular weight is 743 g/mol. The highest BCUT2D eigenvalue weighted by Crippen LogP contribution is 2.42. The van der Waals surface area contributed by atoms with Crippen LogP contribution in [0.25, 0.3) is 33.4 Å². The summed E-state index contributed by atoms with van der Waals surface area (Å²) in [5.41, 5.74) is 1.94. The molecule has 0 spiro atoms. The van der Waals surface area contributed by atoms with Crippen molar-refractivity contribution in [3.63, 3.8) is 0 Å². The van der Waals surface area contributed by atoms with Gasteiger partial charge >= 0.3 is 13.8 Å². The Morgan fingerprint density at radius 3 is 2.16 bits per heavy atom.